The number of rotatable bonds is 3. The molecule has 2 aromatic heterocycles. The van der Waals surface area contributed by atoms with Gasteiger partial charge in [0.1, 0.15) is 16.4 Å². The fraction of sp³-hybridized carbons (Fsp3) is 0. The van der Waals surface area contributed by atoms with Crippen LogP contribution >= 0.6 is 27.7 Å². The van der Waals surface area contributed by atoms with E-state index in [2.05, 4.69) is 41.3 Å². The Morgan fingerprint density at radius 2 is 2.25 bits per heavy atom. The molecule has 0 aliphatic rings. The van der Waals surface area contributed by atoms with Crippen molar-refractivity contribution in [2.75, 3.05) is 5.43 Å². The van der Waals surface area contributed by atoms with Crippen molar-refractivity contribution in [2.24, 2.45) is 5.84 Å². The van der Waals surface area contributed by atoms with Gasteiger partial charge in [-0.2, -0.15) is 0 Å². The smallest absolute Gasteiger partial charge is 0.238 e. The summed E-state index contributed by atoms with van der Waals surface area (Å²) in [6.07, 6.45) is 4.79. The summed E-state index contributed by atoms with van der Waals surface area (Å²) in [5.74, 6) is 5.60. The third kappa shape index (κ3) is 2.65. The fourth-order valence-corrected chi connectivity index (χ4v) is 2.07. The second-order valence-electron chi connectivity index (χ2n) is 2.64. The molecule has 0 amide bonds. The molecule has 2 rings (SSSR count). The molecule has 0 aliphatic carbocycles. The number of nitrogen functional groups attached to an aromatic ring is 1. The summed E-state index contributed by atoms with van der Waals surface area (Å²) < 4.78 is 0.787. The van der Waals surface area contributed by atoms with Crippen LogP contribution in [-0.2, 0) is 0 Å². The SMILES string of the molecule is NNc1ncc(Br)c(Sc2ccncn2)n1. The molecule has 0 saturated carbocycles. The van der Waals surface area contributed by atoms with Gasteiger partial charge in [0.05, 0.1) is 4.47 Å². The quantitative estimate of drug-likeness (QED) is 0.504. The number of nitrogens with one attached hydrogen (secondary N) is 1. The van der Waals surface area contributed by atoms with Crippen LogP contribution in [-0.4, -0.2) is 19.9 Å². The first kappa shape index (κ1) is 11.2. The van der Waals surface area contributed by atoms with Crippen LogP contribution in [0.2, 0.25) is 0 Å². The van der Waals surface area contributed by atoms with Gasteiger partial charge in [0, 0.05) is 12.4 Å². The van der Waals surface area contributed by atoms with E-state index in [4.69, 9.17) is 5.84 Å². The molecule has 2 aromatic rings. The highest BCUT2D eigenvalue weighted by Gasteiger charge is 2.07. The van der Waals surface area contributed by atoms with E-state index in [0.29, 0.717) is 5.95 Å². The number of halogens is 1. The summed E-state index contributed by atoms with van der Waals surface area (Å²) in [6, 6.07) is 1.80. The largest absolute Gasteiger partial charge is 0.292 e. The van der Waals surface area contributed by atoms with Crippen molar-refractivity contribution in [3.8, 4) is 0 Å². The van der Waals surface area contributed by atoms with Crippen LogP contribution in [0, 0.1) is 0 Å². The normalized spacial score (nSPS) is 10.1. The molecule has 0 bridgehead atoms. The van der Waals surface area contributed by atoms with Crippen LogP contribution in [0.4, 0.5) is 5.95 Å². The second kappa shape index (κ2) is 5.19. The molecule has 0 atom stereocenters. The Bertz CT molecular complexity index is 479. The van der Waals surface area contributed by atoms with Crippen LogP contribution < -0.4 is 11.3 Å². The van der Waals surface area contributed by atoms with Crippen molar-refractivity contribution in [1.82, 2.24) is 19.9 Å². The van der Waals surface area contributed by atoms with E-state index in [9.17, 15) is 0 Å². The van der Waals surface area contributed by atoms with Crippen LogP contribution in [0.1, 0.15) is 0 Å². The minimum absolute atomic E-state index is 0.361. The lowest BCUT2D eigenvalue weighted by Crippen LogP contribution is -2.10. The predicted molar refractivity (Wildman–Crippen MR) is 63.7 cm³/mol. The van der Waals surface area contributed by atoms with Gasteiger partial charge in [-0.05, 0) is 33.8 Å². The number of nitrogens with two attached hydrogens (primary N) is 1. The zero-order valence-corrected chi connectivity index (χ0v) is 10.4. The molecule has 0 unspecified atom stereocenters. The van der Waals surface area contributed by atoms with Crippen LogP contribution in [0.5, 0.6) is 0 Å². The van der Waals surface area contributed by atoms with Crippen molar-refractivity contribution in [3.63, 3.8) is 0 Å². The Labute approximate surface area is 104 Å². The van der Waals surface area contributed by atoms with Crippen molar-refractivity contribution in [2.45, 2.75) is 10.1 Å². The molecular weight excluding hydrogens is 292 g/mol. The fourth-order valence-electron chi connectivity index (χ4n) is 0.931. The molecule has 8 heteroatoms. The summed E-state index contributed by atoms with van der Waals surface area (Å²) >= 11 is 4.76. The van der Waals surface area contributed by atoms with Crippen LogP contribution in [0.25, 0.3) is 0 Å². The van der Waals surface area contributed by atoms with Gasteiger partial charge in [0.15, 0.2) is 0 Å². The highest BCUT2D eigenvalue weighted by Crippen LogP contribution is 2.30. The maximum atomic E-state index is 5.24. The molecular formula is C8H7BrN6S. The number of hydrogen-bond acceptors (Lipinski definition) is 7. The number of aromatic nitrogens is 4. The van der Waals surface area contributed by atoms with E-state index in [1.165, 1.54) is 18.1 Å². The average molecular weight is 299 g/mol. The summed E-state index contributed by atoms with van der Waals surface area (Å²) in [7, 11) is 0. The summed E-state index contributed by atoms with van der Waals surface area (Å²) in [6.45, 7) is 0. The molecule has 3 N–H and O–H groups in total. The van der Waals surface area contributed by atoms with Crippen molar-refractivity contribution < 1.29 is 0 Å². The van der Waals surface area contributed by atoms with E-state index in [1.807, 2.05) is 0 Å². The number of nitrogens with zero attached hydrogens (tertiary/aromatic N) is 4. The topological polar surface area (TPSA) is 89.6 Å². The van der Waals surface area contributed by atoms with Crippen molar-refractivity contribution >= 4 is 33.6 Å². The van der Waals surface area contributed by atoms with Gasteiger partial charge in [-0.1, -0.05) is 0 Å². The summed E-state index contributed by atoms with van der Waals surface area (Å²) in [4.78, 5) is 16.1. The molecule has 0 spiro atoms. The van der Waals surface area contributed by atoms with E-state index in [-0.39, 0.29) is 0 Å². The van der Waals surface area contributed by atoms with Gasteiger partial charge < -0.3 is 0 Å². The molecule has 82 valence electrons. The van der Waals surface area contributed by atoms with Gasteiger partial charge in [0.25, 0.3) is 0 Å². The van der Waals surface area contributed by atoms with E-state index >= 15 is 0 Å². The molecule has 16 heavy (non-hydrogen) atoms. The zero-order valence-electron chi connectivity index (χ0n) is 7.96. The van der Waals surface area contributed by atoms with Gasteiger partial charge in [-0.3, -0.25) is 5.43 Å². The molecule has 2 heterocycles. The lowest BCUT2D eigenvalue weighted by molar-refractivity contribution is 0.996. The number of anilines is 1. The van der Waals surface area contributed by atoms with Gasteiger partial charge >= 0.3 is 0 Å². The third-order valence-corrected chi connectivity index (χ3v) is 3.40. The van der Waals surface area contributed by atoms with Crippen molar-refractivity contribution in [3.05, 3.63) is 29.3 Å². The van der Waals surface area contributed by atoms with Crippen LogP contribution in [0.15, 0.2) is 39.3 Å². The van der Waals surface area contributed by atoms with Gasteiger partial charge in [-0.25, -0.2) is 25.8 Å². The molecule has 0 fully saturated rings. The highest BCUT2D eigenvalue weighted by atomic mass is 79.9. The summed E-state index contributed by atoms with van der Waals surface area (Å²) in [5.41, 5.74) is 2.39. The van der Waals surface area contributed by atoms with E-state index in [0.717, 1.165) is 14.5 Å². The minimum Gasteiger partial charge on any atom is -0.292 e. The summed E-state index contributed by atoms with van der Waals surface area (Å²) in [5, 5.41) is 1.54. The molecule has 0 radical (unpaired) electrons. The third-order valence-electron chi connectivity index (χ3n) is 1.60. The second-order valence-corrected chi connectivity index (χ2v) is 4.50. The first-order chi connectivity index (χ1) is 7.79. The first-order valence-corrected chi connectivity index (χ1v) is 5.83. The molecule has 0 aromatic carbocycles. The Hall–Kier alpha value is -1.25. The first-order valence-electron chi connectivity index (χ1n) is 4.22. The Morgan fingerprint density at radius 3 is 2.94 bits per heavy atom. The minimum atomic E-state index is 0.361. The number of hydrogen-bond donors (Lipinski definition) is 2. The number of hydrazine groups is 1. The predicted octanol–water partition coefficient (Wildman–Crippen LogP) is 1.47. The van der Waals surface area contributed by atoms with Crippen LogP contribution in [0.3, 0.4) is 0 Å². The lowest BCUT2D eigenvalue weighted by Gasteiger charge is -2.04. The average Bonchev–Trinajstić information content (AvgIpc) is 2.33. The Balaban J connectivity index is 2.27. The maximum Gasteiger partial charge on any atom is 0.238 e. The van der Waals surface area contributed by atoms with E-state index in [1.54, 1.807) is 18.5 Å². The Kier molecular flexibility index (Phi) is 3.65. The van der Waals surface area contributed by atoms with Gasteiger partial charge in [0.2, 0.25) is 5.95 Å². The molecule has 0 aliphatic heterocycles. The zero-order chi connectivity index (χ0) is 11.4. The Morgan fingerprint density at radius 1 is 1.38 bits per heavy atom. The highest BCUT2D eigenvalue weighted by molar-refractivity contribution is 9.10. The maximum absolute atomic E-state index is 5.24. The van der Waals surface area contributed by atoms with E-state index < -0.39 is 0 Å². The van der Waals surface area contributed by atoms with Gasteiger partial charge in [-0.15, -0.1) is 0 Å². The molecule has 6 nitrogen and oxygen atoms in total. The lowest BCUT2D eigenvalue weighted by atomic mass is 10.7. The monoisotopic (exact) mass is 298 g/mol. The standard InChI is InChI=1S/C8H7BrN6S/c9-5-3-12-8(15-10)14-7(5)16-6-1-2-11-4-13-6/h1-4H,10H2,(H,12,14,15). The molecule has 0 saturated heterocycles. The van der Waals surface area contributed by atoms with Crippen molar-refractivity contribution in [1.29, 1.82) is 0 Å².